The summed E-state index contributed by atoms with van der Waals surface area (Å²) in [4.78, 5) is 5.87. The first-order chi connectivity index (χ1) is 7.68. The summed E-state index contributed by atoms with van der Waals surface area (Å²) in [6.45, 7) is 6.30. The van der Waals surface area contributed by atoms with Crippen molar-refractivity contribution in [3.8, 4) is 0 Å². The number of allylic oxidation sites excluding steroid dienone is 4. The normalized spacial score (nSPS) is 15.6. The predicted octanol–water partition coefficient (Wildman–Crippen LogP) is 3.88. The molecule has 0 atom stereocenters. The molecule has 0 aliphatic carbocycles. The molecule has 1 aliphatic heterocycles. The van der Waals surface area contributed by atoms with Crippen LogP contribution >= 0.6 is 0 Å². The molecule has 0 bridgehead atoms. The van der Waals surface area contributed by atoms with Crippen LogP contribution in [0.2, 0.25) is 0 Å². The lowest BCUT2D eigenvalue weighted by Gasteiger charge is -2.30. The topological polar surface area (TPSA) is 12.5 Å². The Labute approximate surface area is 96.8 Å². The molecule has 1 aromatic carbocycles. The summed E-state index contributed by atoms with van der Waals surface area (Å²) in [6, 6.07) is 10.1. The van der Waals surface area contributed by atoms with Gasteiger partial charge in [0.1, 0.15) is 5.76 Å². The van der Waals surface area contributed by atoms with Gasteiger partial charge in [0, 0.05) is 5.92 Å². The van der Waals surface area contributed by atoms with Crippen LogP contribution in [0, 0.1) is 5.92 Å². The number of benzene rings is 1. The van der Waals surface area contributed by atoms with E-state index < -0.39 is 0 Å². The molecule has 0 fully saturated rings. The Morgan fingerprint density at radius 3 is 2.38 bits per heavy atom. The highest BCUT2D eigenvalue weighted by Crippen LogP contribution is 2.27. The highest BCUT2D eigenvalue weighted by Gasteiger charge is 2.17. The molecule has 0 N–H and O–H groups in total. The van der Waals surface area contributed by atoms with Gasteiger partial charge in [0.15, 0.2) is 0 Å². The highest BCUT2D eigenvalue weighted by molar-refractivity contribution is 5.50. The monoisotopic (exact) mass is 215 g/mol. The number of hydrogen-bond acceptors (Lipinski definition) is 2. The van der Waals surface area contributed by atoms with Crippen molar-refractivity contribution in [2.45, 2.75) is 20.8 Å². The lowest BCUT2D eigenvalue weighted by atomic mass is 10.1. The average molecular weight is 215 g/mol. The molecular weight excluding hydrogens is 198 g/mol. The Morgan fingerprint density at radius 2 is 1.75 bits per heavy atom. The maximum absolute atomic E-state index is 5.87. The van der Waals surface area contributed by atoms with E-state index in [0.29, 0.717) is 5.92 Å². The van der Waals surface area contributed by atoms with Crippen molar-refractivity contribution < 1.29 is 4.84 Å². The van der Waals surface area contributed by atoms with Gasteiger partial charge in [-0.25, -0.2) is 0 Å². The molecule has 0 amide bonds. The van der Waals surface area contributed by atoms with Crippen LogP contribution in [0.3, 0.4) is 0 Å². The van der Waals surface area contributed by atoms with E-state index in [-0.39, 0.29) is 0 Å². The van der Waals surface area contributed by atoms with Crippen LogP contribution in [0.15, 0.2) is 53.9 Å². The molecule has 2 rings (SSSR count). The van der Waals surface area contributed by atoms with Gasteiger partial charge in [-0.2, -0.15) is 5.06 Å². The Bertz CT molecular complexity index is 418. The van der Waals surface area contributed by atoms with Gasteiger partial charge in [-0.15, -0.1) is 0 Å². The Morgan fingerprint density at radius 1 is 1.06 bits per heavy atom. The maximum atomic E-state index is 5.87. The summed E-state index contributed by atoms with van der Waals surface area (Å²) >= 11 is 0. The number of hydrogen-bond donors (Lipinski definition) is 0. The van der Waals surface area contributed by atoms with Crippen LogP contribution in [0.1, 0.15) is 20.8 Å². The fourth-order valence-corrected chi connectivity index (χ4v) is 1.60. The van der Waals surface area contributed by atoms with Crippen LogP contribution in [0.4, 0.5) is 5.69 Å². The molecule has 0 unspecified atom stereocenters. The van der Waals surface area contributed by atoms with Gasteiger partial charge in [0.05, 0.1) is 11.4 Å². The van der Waals surface area contributed by atoms with Crippen LogP contribution in [-0.2, 0) is 4.84 Å². The molecule has 84 valence electrons. The first kappa shape index (κ1) is 10.8. The van der Waals surface area contributed by atoms with Gasteiger partial charge in [-0.05, 0) is 31.2 Å². The number of anilines is 1. The lowest BCUT2D eigenvalue weighted by Crippen LogP contribution is -2.24. The molecular formula is C14H17NO. The molecule has 0 saturated heterocycles. The third-order valence-corrected chi connectivity index (χ3v) is 2.57. The summed E-state index contributed by atoms with van der Waals surface area (Å²) < 4.78 is 0. The van der Waals surface area contributed by atoms with E-state index in [1.165, 1.54) is 0 Å². The number of hydroxylamine groups is 1. The van der Waals surface area contributed by atoms with Gasteiger partial charge in [-0.1, -0.05) is 32.0 Å². The molecule has 2 nitrogen and oxygen atoms in total. The lowest BCUT2D eigenvalue weighted by molar-refractivity contribution is 0.171. The van der Waals surface area contributed by atoms with E-state index in [1.54, 1.807) is 0 Å². The molecule has 1 aliphatic rings. The average Bonchev–Trinajstić information content (AvgIpc) is 2.30. The Hall–Kier alpha value is -1.70. The zero-order chi connectivity index (χ0) is 11.5. The van der Waals surface area contributed by atoms with E-state index in [2.05, 4.69) is 19.9 Å². The van der Waals surface area contributed by atoms with Gasteiger partial charge in [0.2, 0.25) is 0 Å². The largest absolute Gasteiger partial charge is 0.379 e. The van der Waals surface area contributed by atoms with Crippen LogP contribution in [0.5, 0.6) is 0 Å². The molecule has 16 heavy (non-hydrogen) atoms. The standard InChI is InChI=1S/C14H17NO/c1-11(2)14-10-9-12(3)15(16-14)13-7-5-4-6-8-13/h4-11H,1-3H3. The highest BCUT2D eigenvalue weighted by atomic mass is 16.7. The quantitative estimate of drug-likeness (QED) is 0.742. The van der Waals surface area contributed by atoms with Crippen molar-refractivity contribution >= 4 is 5.69 Å². The second kappa shape index (κ2) is 4.44. The van der Waals surface area contributed by atoms with E-state index in [1.807, 2.05) is 48.4 Å². The van der Waals surface area contributed by atoms with Crippen LogP contribution in [0.25, 0.3) is 0 Å². The minimum absolute atomic E-state index is 0.399. The van der Waals surface area contributed by atoms with E-state index in [9.17, 15) is 0 Å². The van der Waals surface area contributed by atoms with E-state index in [4.69, 9.17) is 4.84 Å². The van der Waals surface area contributed by atoms with E-state index in [0.717, 1.165) is 17.1 Å². The van der Waals surface area contributed by atoms with E-state index >= 15 is 0 Å². The fraction of sp³-hybridized carbons (Fsp3) is 0.286. The van der Waals surface area contributed by atoms with Gasteiger partial charge in [-0.3, -0.25) is 0 Å². The molecule has 1 heterocycles. The van der Waals surface area contributed by atoms with Crippen molar-refractivity contribution in [2.24, 2.45) is 5.92 Å². The SMILES string of the molecule is CC1=CC=C(C(C)C)ON1c1ccccc1. The summed E-state index contributed by atoms with van der Waals surface area (Å²) in [6.07, 6.45) is 4.13. The second-order valence-corrected chi connectivity index (χ2v) is 4.25. The van der Waals surface area contributed by atoms with Crippen molar-refractivity contribution in [1.82, 2.24) is 0 Å². The summed E-state index contributed by atoms with van der Waals surface area (Å²) in [5.74, 6) is 1.39. The predicted molar refractivity (Wildman–Crippen MR) is 66.7 cm³/mol. The first-order valence-corrected chi connectivity index (χ1v) is 5.60. The first-order valence-electron chi connectivity index (χ1n) is 5.60. The smallest absolute Gasteiger partial charge is 0.135 e. The molecule has 0 aromatic heterocycles. The molecule has 0 saturated carbocycles. The number of para-hydroxylation sites is 1. The third kappa shape index (κ3) is 2.11. The van der Waals surface area contributed by atoms with Crippen LogP contribution in [-0.4, -0.2) is 0 Å². The van der Waals surface area contributed by atoms with Gasteiger partial charge >= 0.3 is 0 Å². The molecule has 1 aromatic rings. The third-order valence-electron chi connectivity index (χ3n) is 2.57. The fourth-order valence-electron chi connectivity index (χ4n) is 1.60. The molecule has 0 spiro atoms. The zero-order valence-corrected chi connectivity index (χ0v) is 9.97. The van der Waals surface area contributed by atoms with Crippen molar-refractivity contribution in [3.05, 3.63) is 53.9 Å². The molecule has 0 radical (unpaired) electrons. The zero-order valence-electron chi connectivity index (χ0n) is 9.97. The summed E-state index contributed by atoms with van der Waals surface area (Å²) in [7, 11) is 0. The second-order valence-electron chi connectivity index (χ2n) is 4.25. The Kier molecular flexibility index (Phi) is 3.00. The number of rotatable bonds is 2. The molecule has 2 heteroatoms. The minimum atomic E-state index is 0.399. The van der Waals surface area contributed by atoms with Gasteiger partial charge in [0.25, 0.3) is 0 Å². The van der Waals surface area contributed by atoms with Crippen molar-refractivity contribution in [3.63, 3.8) is 0 Å². The van der Waals surface area contributed by atoms with Crippen LogP contribution < -0.4 is 5.06 Å². The Balaban J connectivity index is 2.26. The van der Waals surface area contributed by atoms with Gasteiger partial charge < -0.3 is 4.84 Å². The minimum Gasteiger partial charge on any atom is -0.379 e. The maximum Gasteiger partial charge on any atom is 0.135 e. The van der Waals surface area contributed by atoms with Crippen molar-refractivity contribution in [2.75, 3.05) is 5.06 Å². The number of nitrogens with zero attached hydrogens (tertiary/aromatic N) is 1. The van der Waals surface area contributed by atoms with Crippen molar-refractivity contribution in [1.29, 1.82) is 0 Å². The summed E-state index contributed by atoms with van der Waals surface area (Å²) in [5, 5.41) is 1.87. The summed E-state index contributed by atoms with van der Waals surface area (Å²) in [5.41, 5.74) is 2.15.